The lowest BCUT2D eigenvalue weighted by Crippen LogP contribution is -2.50. The van der Waals surface area contributed by atoms with Crippen molar-refractivity contribution in [3.63, 3.8) is 0 Å². The van der Waals surface area contributed by atoms with E-state index in [2.05, 4.69) is 5.32 Å². The van der Waals surface area contributed by atoms with Crippen molar-refractivity contribution in [2.75, 3.05) is 6.61 Å². The van der Waals surface area contributed by atoms with Crippen LogP contribution in [0.25, 0.3) is 0 Å². The summed E-state index contributed by atoms with van der Waals surface area (Å²) in [6.45, 7) is -0.508. The third-order valence-electron chi connectivity index (χ3n) is 3.38. The second kappa shape index (κ2) is 7.52. The number of alkyl carbamates (subject to hydrolysis) is 1. The fraction of sp³-hybridized carbons (Fsp3) is 0.500. The Labute approximate surface area is 126 Å². The van der Waals surface area contributed by atoms with Crippen LogP contribution in [-0.2, 0) is 16.1 Å². The lowest BCUT2D eigenvalue weighted by Gasteiger charge is -2.24. The Morgan fingerprint density at radius 2 is 1.91 bits per heavy atom. The van der Waals surface area contributed by atoms with Gasteiger partial charge in [0.25, 0.3) is 0 Å². The molecule has 0 bridgehead atoms. The highest BCUT2D eigenvalue weighted by atomic mass is 16.6. The van der Waals surface area contributed by atoms with Crippen LogP contribution in [0.5, 0.6) is 0 Å². The van der Waals surface area contributed by atoms with E-state index in [0.29, 0.717) is 0 Å². The van der Waals surface area contributed by atoms with Gasteiger partial charge in [-0.2, -0.15) is 0 Å². The van der Waals surface area contributed by atoms with Gasteiger partial charge in [-0.15, -0.1) is 0 Å². The van der Waals surface area contributed by atoms with Crippen molar-refractivity contribution >= 4 is 6.09 Å². The summed E-state index contributed by atoms with van der Waals surface area (Å²) >= 11 is 0. The van der Waals surface area contributed by atoms with Gasteiger partial charge in [0.1, 0.15) is 24.9 Å². The minimum atomic E-state index is -1.57. The van der Waals surface area contributed by atoms with E-state index in [4.69, 9.17) is 9.47 Å². The smallest absolute Gasteiger partial charge is 0.407 e. The number of nitrogens with one attached hydrogen (secondary N) is 1. The van der Waals surface area contributed by atoms with E-state index in [0.717, 1.165) is 5.56 Å². The molecular weight excluding hydrogens is 294 g/mol. The average Bonchev–Trinajstić information content (AvgIpc) is 2.79. The largest absolute Gasteiger partial charge is 0.445 e. The molecule has 1 saturated heterocycles. The molecule has 1 aliphatic heterocycles. The summed E-state index contributed by atoms with van der Waals surface area (Å²) < 4.78 is 9.91. The summed E-state index contributed by atoms with van der Waals surface area (Å²) in [7, 11) is 0. The highest BCUT2D eigenvalue weighted by molar-refractivity contribution is 5.67. The molecule has 1 aromatic carbocycles. The molecular formula is C14H19NO7. The molecule has 1 heterocycles. The normalized spacial score (nSPS) is 29.1. The second-order valence-electron chi connectivity index (χ2n) is 4.97. The summed E-state index contributed by atoms with van der Waals surface area (Å²) in [5.74, 6) is 0. The SMILES string of the molecule is O=C(N[C@@H](CO)[C@H]1O[C@@H](O)[C@H](O)[C@H]1O)OCc1ccccc1. The molecule has 5 N–H and O–H groups in total. The molecule has 0 spiro atoms. The van der Waals surface area contributed by atoms with E-state index in [-0.39, 0.29) is 6.61 Å². The quantitative estimate of drug-likeness (QED) is 0.457. The predicted octanol–water partition coefficient (Wildman–Crippen LogP) is -1.29. The maximum absolute atomic E-state index is 11.7. The van der Waals surface area contributed by atoms with Crippen LogP contribution < -0.4 is 5.32 Å². The number of rotatable bonds is 5. The van der Waals surface area contributed by atoms with Crippen molar-refractivity contribution in [2.45, 2.75) is 37.3 Å². The molecule has 1 fully saturated rings. The summed E-state index contributed by atoms with van der Waals surface area (Å²) in [5, 5.41) is 40.1. The van der Waals surface area contributed by atoms with E-state index in [9.17, 15) is 25.2 Å². The van der Waals surface area contributed by atoms with Crippen molar-refractivity contribution in [1.29, 1.82) is 0 Å². The molecule has 0 radical (unpaired) electrons. The van der Waals surface area contributed by atoms with Gasteiger partial charge in [0.2, 0.25) is 0 Å². The van der Waals surface area contributed by atoms with Gasteiger partial charge in [-0.1, -0.05) is 30.3 Å². The van der Waals surface area contributed by atoms with E-state index >= 15 is 0 Å². The molecule has 0 aromatic heterocycles. The Morgan fingerprint density at radius 3 is 2.45 bits per heavy atom. The number of benzene rings is 1. The Kier molecular flexibility index (Phi) is 5.69. The van der Waals surface area contributed by atoms with Gasteiger partial charge in [0.05, 0.1) is 12.6 Å². The number of aliphatic hydroxyl groups is 4. The van der Waals surface area contributed by atoms with Crippen molar-refractivity contribution in [3.05, 3.63) is 35.9 Å². The lowest BCUT2D eigenvalue weighted by molar-refractivity contribution is -0.133. The number of carbonyl (C=O) groups excluding carboxylic acids is 1. The van der Waals surface area contributed by atoms with Crippen LogP contribution in [0.1, 0.15) is 5.56 Å². The molecule has 8 heteroatoms. The van der Waals surface area contributed by atoms with Crippen molar-refractivity contribution in [2.24, 2.45) is 0 Å². The maximum atomic E-state index is 11.7. The molecule has 0 aliphatic carbocycles. The second-order valence-corrected chi connectivity index (χ2v) is 4.97. The molecule has 0 saturated carbocycles. The third-order valence-corrected chi connectivity index (χ3v) is 3.38. The number of aliphatic hydroxyl groups excluding tert-OH is 4. The maximum Gasteiger partial charge on any atom is 0.407 e. The molecule has 5 atom stereocenters. The molecule has 22 heavy (non-hydrogen) atoms. The first-order valence-electron chi connectivity index (χ1n) is 6.80. The van der Waals surface area contributed by atoms with Crippen LogP contribution in [0, 0.1) is 0 Å². The molecule has 1 aromatic rings. The van der Waals surface area contributed by atoms with Crippen LogP contribution in [-0.4, -0.2) is 63.8 Å². The first-order chi connectivity index (χ1) is 10.5. The lowest BCUT2D eigenvalue weighted by atomic mass is 10.0. The number of ether oxygens (including phenoxy) is 2. The Morgan fingerprint density at radius 1 is 1.23 bits per heavy atom. The number of carbonyl (C=O) groups is 1. The summed E-state index contributed by atoms with van der Waals surface area (Å²) in [4.78, 5) is 11.7. The van der Waals surface area contributed by atoms with Crippen LogP contribution >= 0.6 is 0 Å². The standard InChI is InChI=1S/C14H19NO7/c16-6-9(12-10(17)11(18)13(19)22-12)15-14(20)21-7-8-4-2-1-3-5-8/h1-5,9-13,16-19H,6-7H2,(H,15,20)/t9-,10+,11+,12+,13+/m0/s1. The summed E-state index contributed by atoms with van der Waals surface area (Å²) in [5.41, 5.74) is 0.793. The topological polar surface area (TPSA) is 128 Å². The minimum Gasteiger partial charge on any atom is -0.445 e. The van der Waals surface area contributed by atoms with Gasteiger partial charge in [-0.3, -0.25) is 0 Å². The molecule has 122 valence electrons. The van der Waals surface area contributed by atoms with E-state index in [1.165, 1.54) is 0 Å². The number of hydrogen-bond donors (Lipinski definition) is 5. The predicted molar refractivity (Wildman–Crippen MR) is 73.5 cm³/mol. The van der Waals surface area contributed by atoms with Gasteiger partial charge >= 0.3 is 6.09 Å². The molecule has 1 aliphatic rings. The Bertz CT molecular complexity index is 483. The Hall–Kier alpha value is -1.71. The number of hydrogen-bond acceptors (Lipinski definition) is 7. The van der Waals surface area contributed by atoms with Crippen LogP contribution in [0.15, 0.2) is 30.3 Å². The van der Waals surface area contributed by atoms with Crippen molar-refractivity contribution in [3.8, 4) is 0 Å². The minimum absolute atomic E-state index is 0.0458. The molecule has 1 amide bonds. The van der Waals surface area contributed by atoms with Crippen LogP contribution in [0.3, 0.4) is 0 Å². The van der Waals surface area contributed by atoms with Gasteiger partial charge in [-0.05, 0) is 5.56 Å². The molecule has 8 nitrogen and oxygen atoms in total. The number of amides is 1. The van der Waals surface area contributed by atoms with Gasteiger partial charge in [0, 0.05) is 0 Å². The van der Waals surface area contributed by atoms with Gasteiger partial charge in [0.15, 0.2) is 6.29 Å². The fourth-order valence-corrected chi connectivity index (χ4v) is 2.17. The highest BCUT2D eigenvalue weighted by Crippen LogP contribution is 2.22. The zero-order valence-corrected chi connectivity index (χ0v) is 11.7. The van der Waals surface area contributed by atoms with E-state index in [1.54, 1.807) is 24.3 Å². The average molecular weight is 313 g/mol. The van der Waals surface area contributed by atoms with E-state index in [1.807, 2.05) is 6.07 Å². The van der Waals surface area contributed by atoms with Crippen molar-refractivity contribution in [1.82, 2.24) is 5.32 Å². The first-order valence-corrected chi connectivity index (χ1v) is 6.80. The Balaban J connectivity index is 1.86. The van der Waals surface area contributed by atoms with Crippen LogP contribution in [0.4, 0.5) is 4.79 Å². The van der Waals surface area contributed by atoms with Crippen molar-refractivity contribution < 1.29 is 34.7 Å². The first kappa shape index (κ1) is 16.7. The summed E-state index contributed by atoms with van der Waals surface area (Å²) in [6, 6.07) is 7.99. The fourth-order valence-electron chi connectivity index (χ4n) is 2.17. The van der Waals surface area contributed by atoms with E-state index < -0.39 is 43.3 Å². The molecule has 2 rings (SSSR count). The summed E-state index contributed by atoms with van der Waals surface area (Å²) in [6.07, 6.45) is -6.45. The monoisotopic (exact) mass is 313 g/mol. The van der Waals surface area contributed by atoms with Crippen LogP contribution in [0.2, 0.25) is 0 Å². The third kappa shape index (κ3) is 3.93. The zero-order valence-electron chi connectivity index (χ0n) is 11.7. The van der Waals surface area contributed by atoms with Gasteiger partial charge in [-0.25, -0.2) is 4.79 Å². The highest BCUT2D eigenvalue weighted by Gasteiger charge is 2.46. The molecule has 0 unspecified atom stereocenters. The zero-order chi connectivity index (χ0) is 16.1. The van der Waals surface area contributed by atoms with Gasteiger partial charge < -0.3 is 35.2 Å².